The van der Waals surface area contributed by atoms with Crippen LogP contribution >= 0.6 is 0 Å². The first-order valence-electron chi connectivity index (χ1n) is 8.50. The quantitative estimate of drug-likeness (QED) is 0.835. The third-order valence-electron chi connectivity index (χ3n) is 4.69. The zero-order valence-electron chi connectivity index (χ0n) is 14.7. The second-order valence-electron chi connectivity index (χ2n) is 6.94. The van der Waals surface area contributed by atoms with Crippen LogP contribution in [0.15, 0.2) is 42.5 Å². The first kappa shape index (κ1) is 17.8. The van der Waals surface area contributed by atoms with Crippen molar-refractivity contribution in [2.75, 3.05) is 0 Å². The van der Waals surface area contributed by atoms with Crippen LogP contribution in [0.25, 0.3) is 11.1 Å². The maximum atomic E-state index is 12.1. The number of hydrogen-bond donors (Lipinski definition) is 1. The molecule has 0 radical (unpaired) electrons. The van der Waals surface area contributed by atoms with Crippen molar-refractivity contribution in [3.8, 4) is 11.1 Å². The minimum Gasteiger partial charge on any atom is -0.295 e. The van der Waals surface area contributed by atoms with E-state index in [4.69, 9.17) is 0 Å². The number of hydrogen-bond acceptors (Lipinski definition) is 3. The van der Waals surface area contributed by atoms with Crippen molar-refractivity contribution in [3.05, 3.63) is 59.2 Å². The molecule has 0 aromatic heterocycles. The van der Waals surface area contributed by atoms with E-state index in [1.807, 2.05) is 30.3 Å². The fourth-order valence-electron chi connectivity index (χ4n) is 3.17. The molecule has 0 saturated heterocycles. The van der Waals surface area contributed by atoms with E-state index in [9.17, 15) is 13.2 Å². The summed E-state index contributed by atoms with van der Waals surface area (Å²) in [5.74, 6) is 0.0474. The highest BCUT2D eigenvalue weighted by molar-refractivity contribution is 7.90. The van der Waals surface area contributed by atoms with Gasteiger partial charge < -0.3 is 0 Å². The molecule has 0 fully saturated rings. The number of rotatable bonds is 5. The molecular weight excluding hydrogens is 334 g/mol. The molecule has 0 aliphatic heterocycles. The molecule has 132 valence electrons. The minimum absolute atomic E-state index is 0.0474. The predicted molar refractivity (Wildman–Crippen MR) is 100 cm³/mol. The van der Waals surface area contributed by atoms with Crippen LogP contribution in [0.3, 0.4) is 0 Å². The zero-order valence-corrected chi connectivity index (χ0v) is 15.6. The van der Waals surface area contributed by atoms with Crippen LogP contribution in [0.1, 0.15) is 42.3 Å². The van der Waals surface area contributed by atoms with Crippen LogP contribution in [-0.4, -0.2) is 25.5 Å². The first-order valence-corrected chi connectivity index (χ1v) is 10.0. The van der Waals surface area contributed by atoms with Gasteiger partial charge in [0.25, 0.3) is 0 Å². The summed E-state index contributed by atoms with van der Waals surface area (Å²) in [5.41, 5.74) is 5.10. The van der Waals surface area contributed by atoms with Gasteiger partial charge in [0.15, 0.2) is 5.78 Å². The van der Waals surface area contributed by atoms with E-state index in [1.54, 1.807) is 20.8 Å². The fraction of sp³-hybridized carbons (Fsp3) is 0.350. The normalized spacial score (nSPS) is 16.9. The van der Waals surface area contributed by atoms with Crippen LogP contribution in [0.5, 0.6) is 0 Å². The maximum absolute atomic E-state index is 12.1. The van der Waals surface area contributed by atoms with E-state index in [0.29, 0.717) is 12.0 Å². The Kier molecular flexibility index (Phi) is 4.80. The Hall–Kier alpha value is -1.98. The number of carbonyl (C=O) groups is 1. The van der Waals surface area contributed by atoms with Crippen LogP contribution in [0.2, 0.25) is 0 Å². The lowest BCUT2D eigenvalue weighted by atomic mass is 9.98. The van der Waals surface area contributed by atoms with Crippen molar-refractivity contribution in [3.63, 3.8) is 0 Å². The molecule has 1 unspecified atom stereocenters. The highest BCUT2D eigenvalue weighted by Crippen LogP contribution is 2.29. The molecule has 1 atom stereocenters. The molecule has 0 amide bonds. The predicted octanol–water partition coefficient (Wildman–Crippen LogP) is 3.35. The van der Waals surface area contributed by atoms with Crippen molar-refractivity contribution in [1.29, 1.82) is 0 Å². The highest BCUT2D eigenvalue weighted by Gasteiger charge is 2.27. The maximum Gasteiger partial charge on any atom is 0.214 e. The van der Waals surface area contributed by atoms with Crippen LogP contribution < -0.4 is 4.72 Å². The van der Waals surface area contributed by atoms with Crippen molar-refractivity contribution in [2.24, 2.45) is 0 Å². The molecule has 2 aromatic rings. The summed E-state index contributed by atoms with van der Waals surface area (Å²) in [6.07, 6.45) is 1.41. The van der Waals surface area contributed by atoms with Gasteiger partial charge in [-0.3, -0.25) is 4.79 Å². The number of benzene rings is 2. The van der Waals surface area contributed by atoms with Gasteiger partial charge in [-0.05, 0) is 61.9 Å². The van der Waals surface area contributed by atoms with E-state index in [1.165, 1.54) is 11.1 Å². The molecule has 25 heavy (non-hydrogen) atoms. The number of Topliss-reactive ketones (excluding diaryl/α,β-unsaturated/α-hetero) is 1. The second-order valence-corrected chi connectivity index (χ2v) is 9.21. The van der Waals surface area contributed by atoms with Crippen molar-refractivity contribution >= 4 is 15.8 Å². The summed E-state index contributed by atoms with van der Waals surface area (Å²) in [6.45, 7) is 4.93. The second kappa shape index (κ2) is 6.73. The van der Waals surface area contributed by atoms with Crippen LogP contribution in [0.4, 0.5) is 0 Å². The summed E-state index contributed by atoms with van der Waals surface area (Å²) < 4.78 is 27.0. The zero-order chi connectivity index (χ0) is 18.2. The van der Waals surface area contributed by atoms with Crippen molar-refractivity contribution < 1.29 is 13.2 Å². The Morgan fingerprint density at radius 2 is 1.72 bits per heavy atom. The van der Waals surface area contributed by atoms with Crippen molar-refractivity contribution in [1.82, 2.24) is 4.72 Å². The number of fused-ring (bicyclic) bond motifs is 1. The largest absolute Gasteiger partial charge is 0.295 e. The fourth-order valence-corrected chi connectivity index (χ4v) is 4.07. The van der Waals surface area contributed by atoms with Gasteiger partial charge in [-0.1, -0.05) is 36.4 Å². The smallest absolute Gasteiger partial charge is 0.214 e. The van der Waals surface area contributed by atoms with Gasteiger partial charge in [-0.15, -0.1) is 0 Å². The molecule has 1 aliphatic carbocycles. The molecule has 0 bridgehead atoms. The topological polar surface area (TPSA) is 63.2 Å². The summed E-state index contributed by atoms with van der Waals surface area (Å²) in [7, 11) is -3.26. The minimum atomic E-state index is -3.26. The van der Waals surface area contributed by atoms with E-state index in [2.05, 4.69) is 16.9 Å². The van der Waals surface area contributed by atoms with Gasteiger partial charge >= 0.3 is 0 Å². The van der Waals surface area contributed by atoms with Gasteiger partial charge in [-0.2, -0.15) is 0 Å². The highest BCUT2D eigenvalue weighted by atomic mass is 32.2. The Morgan fingerprint density at radius 1 is 1.04 bits per heavy atom. The monoisotopic (exact) mass is 357 g/mol. The molecule has 5 heteroatoms. The summed E-state index contributed by atoms with van der Waals surface area (Å²) in [6, 6.07) is 13.7. The lowest BCUT2D eigenvalue weighted by molar-refractivity contribution is 0.101. The molecule has 1 aliphatic rings. The van der Waals surface area contributed by atoms with E-state index >= 15 is 0 Å². The molecule has 0 spiro atoms. The van der Waals surface area contributed by atoms with E-state index in [0.717, 1.165) is 17.5 Å². The number of sulfonamides is 1. The standard InChI is InChI=1S/C20H23NO3S/c1-13(2)25(23,24)21-20-11-18-8-7-17(10-19(18)12-20)16-6-4-5-15(9-16)14(3)22/h4-10,13,20-21H,11-12H2,1-3H3. The molecule has 3 rings (SSSR count). The molecule has 4 nitrogen and oxygen atoms in total. The van der Waals surface area contributed by atoms with Gasteiger partial charge in [0.05, 0.1) is 5.25 Å². The molecule has 0 heterocycles. The van der Waals surface area contributed by atoms with Gasteiger partial charge in [-0.25, -0.2) is 13.1 Å². The van der Waals surface area contributed by atoms with Crippen LogP contribution in [-0.2, 0) is 22.9 Å². The third-order valence-corrected chi connectivity index (χ3v) is 6.60. The molecule has 1 N–H and O–H groups in total. The summed E-state index contributed by atoms with van der Waals surface area (Å²) >= 11 is 0. The molecular formula is C20H23NO3S. The first-order chi connectivity index (χ1) is 11.8. The van der Waals surface area contributed by atoms with Gasteiger partial charge in [0.2, 0.25) is 10.0 Å². The van der Waals surface area contributed by atoms with Gasteiger partial charge in [0.1, 0.15) is 0 Å². The van der Waals surface area contributed by atoms with Crippen molar-refractivity contribution in [2.45, 2.75) is 44.9 Å². The number of ketones is 1. The summed E-state index contributed by atoms with van der Waals surface area (Å²) in [5, 5.41) is -0.430. The van der Waals surface area contributed by atoms with Gasteiger partial charge in [0, 0.05) is 11.6 Å². The Balaban J connectivity index is 1.83. The lowest BCUT2D eigenvalue weighted by Crippen LogP contribution is -2.39. The Morgan fingerprint density at radius 3 is 2.40 bits per heavy atom. The Bertz CT molecular complexity index is 916. The SMILES string of the molecule is CC(=O)c1cccc(-c2ccc3c(c2)CC(NS(=O)(=O)C(C)C)C3)c1. The van der Waals surface area contributed by atoms with E-state index < -0.39 is 15.3 Å². The number of nitrogens with one attached hydrogen (secondary N) is 1. The Labute approximate surface area is 149 Å². The lowest BCUT2D eigenvalue weighted by Gasteiger charge is -2.14. The average Bonchev–Trinajstić information content (AvgIpc) is 2.95. The molecule has 2 aromatic carbocycles. The average molecular weight is 357 g/mol. The number of carbonyl (C=O) groups excluding carboxylic acids is 1. The van der Waals surface area contributed by atoms with Crippen LogP contribution in [0, 0.1) is 0 Å². The third kappa shape index (κ3) is 3.83. The molecule has 0 saturated carbocycles. The summed E-state index contributed by atoms with van der Waals surface area (Å²) in [4.78, 5) is 11.6. The van der Waals surface area contributed by atoms with E-state index in [-0.39, 0.29) is 11.8 Å².